The van der Waals surface area contributed by atoms with Crippen molar-refractivity contribution in [3.8, 4) is 0 Å². The lowest BCUT2D eigenvalue weighted by molar-refractivity contribution is -0.00527. The number of hydrogen-bond acceptors (Lipinski definition) is 0. The Bertz CT molecular complexity index is 542. The molecule has 4 bridgehead atoms. The van der Waals surface area contributed by atoms with Gasteiger partial charge in [0.1, 0.15) is 0 Å². The molecule has 0 heterocycles. The van der Waals surface area contributed by atoms with Gasteiger partial charge in [0.15, 0.2) is 0 Å². The number of rotatable bonds is 3. The summed E-state index contributed by atoms with van der Waals surface area (Å²) < 4.78 is 0. The van der Waals surface area contributed by atoms with Gasteiger partial charge in [-0.25, -0.2) is 0 Å². The Kier molecular flexibility index (Phi) is 3.26. The molecule has 120 valence electrons. The molecule has 4 saturated carbocycles. The fraction of sp³-hybridized carbons (Fsp3) is 0.727. The van der Waals surface area contributed by atoms with Gasteiger partial charge in [0.05, 0.1) is 0 Å². The van der Waals surface area contributed by atoms with E-state index in [0.717, 1.165) is 17.8 Å². The van der Waals surface area contributed by atoms with E-state index in [0.29, 0.717) is 10.8 Å². The average Bonchev–Trinajstić information content (AvgIpc) is 2.45. The van der Waals surface area contributed by atoms with Crippen LogP contribution in [0.1, 0.15) is 82.4 Å². The zero-order valence-corrected chi connectivity index (χ0v) is 14.9. The fourth-order valence-electron chi connectivity index (χ4n) is 6.15. The highest BCUT2D eigenvalue weighted by Gasteiger charge is 2.51. The fourth-order valence-corrected chi connectivity index (χ4v) is 6.15. The molecule has 0 nitrogen and oxygen atoms in total. The van der Waals surface area contributed by atoms with E-state index < -0.39 is 0 Å². The van der Waals surface area contributed by atoms with Crippen molar-refractivity contribution in [2.75, 3.05) is 0 Å². The Balaban J connectivity index is 1.76. The quantitative estimate of drug-likeness (QED) is 0.627. The minimum absolute atomic E-state index is 0.309. The van der Waals surface area contributed by atoms with E-state index in [1.807, 2.05) is 0 Å². The van der Waals surface area contributed by atoms with Crippen molar-refractivity contribution in [2.24, 2.45) is 17.8 Å². The van der Waals surface area contributed by atoms with E-state index in [-0.39, 0.29) is 0 Å². The summed E-state index contributed by atoms with van der Waals surface area (Å²) in [6.45, 7) is 9.45. The minimum atomic E-state index is 0.309. The summed E-state index contributed by atoms with van der Waals surface area (Å²) in [5, 5.41) is 0. The highest BCUT2D eigenvalue weighted by atomic mass is 14.6. The van der Waals surface area contributed by atoms with Crippen molar-refractivity contribution in [3.63, 3.8) is 0 Å². The minimum Gasteiger partial charge on any atom is -0.0646 e. The molecule has 1 aromatic carbocycles. The van der Waals surface area contributed by atoms with Crippen molar-refractivity contribution >= 4 is 0 Å². The molecule has 0 heteroatoms. The second-order valence-corrected chi connectivity index (χ2v) is 9.52. The zero-order chi connectivity index (χ0) is 15.5. The van der Waals surface area contributed by atoms with Crippen LogP contribution in [0.25, 0.3) is 0 Å². The second-order valence-electron chi connectivity index (χ2n) is 9.52. The van der Waals surface area contributed by atoms with E-state index in [4.69, 9.17) is 0 Å². The van der Waals surface area contributed by atoms with Gasteiger partial charge in [-0.05, 0) is 91.6 Å². The van der Waals surface area contributed by atoms with Crippen molar-refractivity contribution in [3.05, 3.63) is 34.9 Å². The summed E-state index contributed by atoms with van der Waals surface area (Å²) in [6, 6.07) is 7.57. The third-order valence-electron chi connectivity index (χ3n) is 7.39. The van der Waals surface area contributed by atoms with Crippen molar-refractivity contribution in [1.29, 1.82) is 0 Å². The van der Waals surface area contributed by atoms with Gasteiger partial charge in [-0.3, -0.25) is 0 Å². The normalized spacial score (nSPS) is 36.8. The molecule has 0 unspecified atom stereocenters. The van der Waals surface area contributed by atoms with E-state index in [9.17, 15) is 0 Å². The van der Waals surface area contributed by atoms with Gasteiger partial charge < -0.3 is 0 Å². The first-order valence-electron chi connectivity index (χ1n) is 9.53. The molecule has 0 aliphatic heterocycles. The van der Waals surface area contributed by atoms with Gasteiger partial charge in [-0.2, -0.15) is 0 Å². The smallest absolute Gasteiger partial charge is 0.00389 e. The van der Waals surface area contributed by atoms with Crippen LogP contribution in [0.5, 0.6) is 0 Å². The molecule has 0 N–H and O–H groups in total. The van der Waals surface area contributed by atoms with Crippen LogP contribution in [0.4, 0.5) is 0 Å². The van der Waals surface area contributed by atoms with Crippen LogP contribution in [-0.2, 0) is 10.8 Å². The highest BCUT2D eigenvalue weighted by molar-refractivity contribution is 5.39. The molecule has 0 amide bonds. The van der Waals surface area contributed by atoms with Gasteiger partial charge in [0.2, 0.25) is 0 Å². The maximum atomic E-state index is 2.60. The van der Waals surface area contributed by atoms with Gasteiger partial charge in [-0.15, -0.1) is 0 Å². The Morgan fingerprint density at radius 3 is 2.00 bits per heavy atom. The first-order valence-corrected chi connectivity index (χ1v) is 9.53. The van der Waals surface area contributed by atoms with E-state index in [2.05, 4.69) is 45.9 Å². The van der Waals surface area contributed by atoms with Crippen LogP contribution in [0, 0.1) is 24.7 Å². The monoisotopic (exact) mass is 296 g/mol. The molecule has 4 fully saturated rings. The average molecular weight is 296 g/mol. The van der Waals surface area contributed by atoms with Crippen molar-refractivity contribution < 1.29 is 0 Å². The molecule has 0 spiro atoms. The third kappa shape index (κ3) is 2.25. The summed E-state index contributed by atoms with van der Waals surface area (Å²) >= 11 is 0. The lowest BCUT2D eigenvalue weighted by Gasteiger charge is -2.57. The molecule has 4 aliphatic rings. The largest absolute Gasteiger partial charge is 0.0646 e. The summed E-state index contributed by atoms with van der Waals surface area (Å²) in [5.41, 5.74) is 5.59. The van der Waals surface area contributed by atoms with Crippen molar-refractivity contribution in [2.45, 2.75) is 83.5 Å². The molecule has 22 heavy (non-hydrogen) atoms. The molecule has 0 radical (unpaired) electrons. The standard InChI is InChI=1S/C22H32/c1-5-21(3,4)19-6-15(2)7-20(11-19)22-12-16-8-17(13-22)10-18(9-16)14-22/h6-7,11,16-18H,5,8-10,12-14H2,1-4H3. The lowest BCUT2D eigenvalue weighted by atomic mass is 9.48. The number of hydrogen-bond donors (Lipinski definition) is 0. The highest BCUT2D eigenvalue weighted by Crippen LogP contribution is 2.61. The Hall–Kier alpha value is -0.780. The Morgan fingerprint density at radius 1 is 0.955 bits per heavy atom. The van der Waals surface area contributed by atoms with Crippen LogP contribution in [0.3, 0.4) is 0 Å². The molecule has 0 atom stereocenters. The first kappa shape index (κ1) is 14.8. The van der Waals surface area contributed by atoms with Crippen LogP contribution in [0.2, 0.25) is 0 Å². The molecule has 1 aromatic rings. The number of aryl methyl sites for hydroxylation is 1. The molecular weight excluding hydrogens is 264 g/mol. The van der Waals surface area contributed by atoms with E-state index in [1.165, 1.54) is 50.5 Å². The van der Waals surface area contributed by atoms with Crippen LogP contribution < -0.4 is 0 Å². The van der Waals surface area contributed by atoms with Crippen LogP contribution >= 0.6 is 0 Å². The molecule has 0 aromatic heterocycles. The van der Waals surface area contributed by atoms with E-state index >= 15 is 0 Å². The van der Waals surface area contributed by atoms with Gasteiger partial charge in [0, 0.05) is 0 Å². The van der Waals surface area contributed by atoms with Crippen LogP contribution in [0.15, 0.2) is 18.2 Å². The number of benzene rings is 1. The topological polar surface area (TPSA) is 0 Å². The lowest BCUT2D eigenvalue weighted by Crippen LogP contribution is -2.48. The van der Waals surface area contributed by atoms with Crippen molar-refractivity contribution in [1.82, 2.24) is 0 Å². The van der Waals surface area contributed by atoms with Gasteiger partial charge >= 0.3 is 0 Å². The second kappa shape index (κ2) is 4.86. The third-order valence-corrected chi connectivity index (χ3v) is 7.39. The molecular formula is C22H32. The summed E-state index contributed by atoms with van der Waals surface area (Å²) in [4.78, 5) is 0. The predicted octanol–water partition coefficient (Wildman–Crippen LogP) is 6.15. The SMILES string of the molecule is CCC(C)(C)c1cc(C)cc(C23CC4CC(CC(C4)C2)C3)c1. The van der Waals surface area contributed by atoms with Gasteiger partial charge in [-0.1, -0.05) is 44.5 Å². The van der Waals surface area contributed by atoms with Gasteiger partial charge in [0.25, 0.3) is 0 Å². The first-order chi connectivity index (χ1) is 10.4. The zero-order valence-electron chi connectivity index (χ0n) is 14.9. The molecule has 5 rings (SSSR count). The van der Waals surface area contributed by atoms with E-state index in [1.54, 1.807) is 11.1 Å². The van der Waals surface area contributed by atoms with Crippen LogP contribution in [-0.4, -0.2) is 0 Å². The maximum Gasteiger partial charge on any atom is -0.00389 e. The Morgan fingerprint density at radius 2 is 1.50 bits per heavy atom. The predicted molar refractivity (Wildman–Crippen MR) is 94.3 cm³/mol. The summed E-state index contributed by atoms with van der Waals surface area (Å²) in [5.74, 6) is 3.11. The maximum absolute atomic E-state index is 2.60. The molecule has 0 saturated heterocycles. The summed E-state index contributed by atoms with van der Waals surface area (Å²) in [6.07, 6.45) is 10.3. The molecule has 4 aliphatic carbocycles. The Labute approximate surface area is 136 Å². The summed E-state index contributed by atoms with van der Waals surface area (Å²) in [7, 11) is 0.